The largest absolute Gasteiger partial charge is 0.491 e. The topological polar surface area (TPSA) is 85.4 Å². The molecule has 8 nitrogen and oxygen atoms in total. The zero-order valence-corrected chi connectivity index (χ0v) is 30.5. The molecule has 0 bridgehead atoms. The zero-order chi connectivity index (χ0) is 36.5. The molecule has 1 fully saturated rings. The van der Waals surface area contributed by atoms with Gasteiger partial charge in [0.2, 0.25) is 0 Å². The number of benzene rings is 5. The van der Waals surface area contributed by atoms with Crippen LogP contribution in [0.15, 0.2) is 133 Å². The second-order valence-electron chi connectivity index (χ2n) is 15.2. The van der Waals surface area contributed by atoms with Crippen molar-refractivity contribution in [1.82, 2.24) is 24.0 Å². The lowest BCUT2D eigenvalue weighted by atomic mass is 9.75. The average Bonchev–Trinajstić information content (AvgIpc) is 3.74. The first-order chi connectivity index (χ1) is 25.7. The number of amides is 1. The Bertz CT molecular complexity index is 2340. The summed E-state index contributed by atoms with van der Waals surface area (Å²) in [5, 5.41) is 10.2. The highest BCUT2D eigenvalue weighted by molar-refractivity contribution is 5.82. The predicted molar refractivity (Wildman–Crippen MR) is 211 cm³/mol. The molecule has 0 saturated carbocycles. The standard InChI is InChI=1S/C45H45N5O3/c1-45(2,3)41-28-34(26-27-48(41)44(51)52)40(50-39-21-13-11-19-37(39)47-43(50)32-16-8-5-9-17-32)30-53-35-24-22-33(23-25-35)42-46-36-18-10-12-20-38(36)49(42)29-31-14-6-4-7-15-31/h4-25,34,40-41H,26-30H2,1-3H3,(H,51,52). The summed E-state index contributed by atoms with van der Waals surface area (Å²) in [6.07, 6.45) is 0.595. The normalized spacial score (nSPS) is 16.9. The van der Waals surface area contributed by atoms with E-state index < -0.39 is 6.09 Å². The second-order valence-corrected chi connectivity index (χ2v) is 15.2. The Morgan fingerprint density at radius 3 is 2.02 bits per heavy atom. The number of para-hydroxylation sites is 4. The number of piperidine rings is 1. The van der Waals surface area contributed by atoms with Gasteiger partial charge in [-0.05, 0) is 78.3 Å². The summed E-state index contributed by atoms with van der Waals surface area (Å²) in [7, 11) is 0. The van der Waals surface area contributed by atoms with Crippen LogP contribution in [0.25, 0.3) is 44.8 Å². The molecule has 268 valence electrons. The molecule has 2 aromatic heterocycles. The fourth-order valence-corrected chi connectivity index (χ4v) is 8.09. The van der Waals surface area contributed by atoms with Crippen molar-refractivity contribution in [2.24, 2.45) is 11.3 Å². The summed E-state index contributed by atoms with van der Waals surface area (Å²) >= 11 is 0. The van der Waals surface area contributed by atoms with Gasteiger partial charge in [-0.3, -0.25) is 0 Å². The molecule has 1 saturated heterocycles. The van der Waals surface area contributed by atoms with Gasteiger partial charge in [0.1, 0.15) is 24.0 Å². The maximum atomic E-state index is 12.4. The van der Waals surface area contributed by atoms with Crippen LogP contribution in [0.2, 0.25) is 0 Å². The maximum Gasteiger partial charge on any atom is 0.407 e. The Labute approximate surface area is 310 Å². The quantitative estimate of drug-likeness (QED) is 0.162. The molecule has 1 amide bonds. The van der Waals surface area contributed by atoms with Crippen LogP contribution in [0.3, 0.4) is 0 Å². The highest BCUT2D eigenvalue weighted by Crippen LogP contribution is 2.42. The first-order valence-electron chi connectivity index (χ1n) is 18.5. The van der Waals surface area contributed by atoms with Gasteiger partial charge in [-0.15, -0.1) is 0 Å². The molecular weight excluding hydrogens is 659 g/mol. The molecule has 3 atom stereocenters. The van der Waals surface area contributed by atoms with Gasteiger partial charge in [-0.25, -0.2) is 14.8 Å². The van der Waals surface area contributed by atoms with Crippen molar-refractivity contribution >= 4 is 28.2 Å². The van der Waals surface area contributed by atoms with Gasteiger partial charge in [0.05, 0.1) is 28.1 Å². The third-order valence-corrected chi connectivity index (χ3v) is 10.8. The van der Waals surface area contributed by atoms with Gasteiger partial charge >= 0.3 is 6.09 Å². The number of hydrogen-bond acceptors (Lipinski definition) is 4. The Balaban J connectivity index is 1.14. The Kier molecular flexibility index (Phi) is 9.21. The van der Waals surface area contributed by atoms with Gasteiger partial charge in [-0.1, -0.05) is 106 Å². The maximum absolute atomic E-state index is 12.4. The third-order valence-electron chi connectivity index (χ3n) is 10.8. The minimum Gasteiger partial charge on any atom is -0.491 e. The van der Waals surface area contributed by atoms with Gasteiger partial charge in [0.25, 0.3) is 0 Å². The lowest BCUT2D eigenvalue weighted by Gasteiger charge is -2.46. The van der Waals surface area contributed by atoms with Crippen molar-refractivity contribution < 1.29 is 14.6 Å². The van der Waals surface area contributed by atoms with Crippen LogP contribution in [0, 0.1) is 11.3 Å². The van der Waals surface area contributed by atoms with Gasteiger partial charge in [0.15, 0.2) is 0 Å². The fraction of sp³-hybridized carbons (Fsp3) is 0.267. The zero-order valence-electron chi connectivity index (χ0n) is 30.5. The van der Waals surface area contributed by atoms with E-state index in [0.29, 0.717) is 13.2 Å². The van der Waals surface area contributed by atoms with Crippen molar-refractivity contribution in [1.29, 1.82) is 0 Å². The molecule has 1 aliphatic rings. The predicted octanol–water partition coefficient (Wildman–Crippen LogP) is 10.2. The molecule has 5 aromatic carbocycles. The number of carbonyl (C=O) groups is 1. The van der Waals surface area contributed by atoms with E-state index >= 15 is 0 Å². The molecule has 3 heterocycles. The van der Waals surface area contributed by atoms with E-state index in [4.69, 9.17) is 14.7 Å². The number of ether oxygens (including phenoxy) is 1. The second kappa shape index (κ2) is 14.3. The molecule has 0 spiro atoms. The van der Waals surface area contributed by atoms with Crippen LogP contribution in [0.1, 0.15) is 45.2 Å². The lowest BCUT2D eigenvalue weighted by Crippen LogP contribution is -2.53. The number of aromatic nitrogens is 4. The fourth-order valence-electron chi connectivity index (χ4n) is 8.09. The summed E-state index contributed by atoms with van der Waals surface area (Å²) in [4.78, 5) is 24.3. The number of rotatable bonds is 9. The SMILES string of the molecule is CC(C)(C)C1CC(C(COc2ccc(-c3nc4ccccc4n3Cc3ccccc3)cc2)n2c(-c3ccccc3)nc3ccccc32)CCN1C(=O)O. The molecule has 8 heteroatoms. The number of imidazole rings is 2. The molecule has 0 aliphatic carbocycles. The molecule has 7 aromatic rings. The minimum atomic E-state index is -0.855. The monoisotopic (exact) mass is 703 g/mol. The number of hydrogen-bond donors (Lipinski definition) is 1. The van der Waals surface area contributed by atoms with Crippen LogP contribution in [-0.2, 0) is 6.54 Å². The highest BCUT2D eigenvalue weighted by atomic mass is 16.5. The van der Waals surface area contributed by atoms with E-state index in [9.17, 15) is 9.90 Å². The van der Waals surface area contributed by atoms with Gasteiger partial charge in [0, 0.05) is 30.3 Å². The summed E-state index contributed by atoms with van der Waals surface area (Å²) < 4.78 is 11.4. The van der Waals surface area contributed by atoms with Crippen molar-refractivity contribution in [3.8, 4) is 28.5 Å². The smallest absolute Gasteiger partial charge is 0.407 e. The first-order valence-corrected chi connectivity index (χ1v) is 18.5. The van der Waals surface area contributed by atoms with E-state index in [1.165, 1.54) is 5.56 Å². The van der Waals surface area contributed by atoms with E-state index in [1.54, 1.807) is 4.90 Å². The highest BCUT2D eigenvalue weighted by Gasteiger charge is 2.42. The molecule has 8 rings (SSSR count). The number of nitrogens with zero attached hydrogens (tertiary/aromatic N) is 5. The van der Waals surface area contributed by atoms with E-state index in [2.05, 4.69) is 115 Å². The van der Waals surface area contributed by atoms with Gasteiger partial charge in [-0.2, -0.15) is 0 Å². The first kappa shape index (κ1) is 34.2. The molecule has 1 aliphatic heterocycles. The van der Waals surface area contributed by atoms with Crippen LogP contribution in [-0.4, -0.2) is 54.4 Å². The third kappa shape index (κ3) is 6.89. The minimum absolute atomic E-state index is 0.104. The summed E-state index contributed by atoms with van der Waals surface area (Å²) in [5.41, 5.74) is 7.07. The Morgan fingerprint density at radius 1 is 0.755 bits per heavy atom. The van der Waals surface area contributed by atoms with Crippen LogP contribution in [0.5, 0.6) is 5.75 Å². The number of carboxylic acid groups (broad SMARTS) is 1. The van der Waals surface area contributed by atoms with Crippen LogP contribution >= 0.6 is 0 Å². The molecule has 1 N–H and O–H groups in total. The van der Waals surface area contributed by atoms with Crippen molar-refractivity contribution in [2.75, 3.05) is 13.2 Å². The van der Waals surface area contributed by atoms with E-state index in [-0.39, 0.29) is 23.4 Å². The molecule has 3 unspecified atom stereocenters. The van der Waals surface area contributed by atoms with Crippen molar-refractivity contribution in [3.63, 3.8) is 0 Å². The van der Waals surface area contributed by atoms with Crippen LogP contribution in [0.4, 0.5) is 4.79 Å². The molecular formula is C45H45N5O3. The van der Waals surface area contributed by atoms with E-state index in [1.807, 2.05) is 48.5 Å². The Morgan fingerprint density at radius 2 is 1.34 bits per heavy atom. The summed E-state index contributed by atoms with van der Waals surface area (Å²) in [5.74, 6) is 2.72. The summed E-state index contributed by atoms with van der Waals surface area (Å²) in [6, 6.07) is 45.4. The lowest BCUT2D eigenvalue weighted by molar-refractivity contribution is 0.0237. The molecule has 53 heavy (non-hydrogen) atoms. The molecule has 0 radical (unpaired) electrons. The average molecular weight is 704 g/mol. The van der Waals surface area contributed by atoms with Gasteiger partial charge < -0.3 is 23.9 Å². The Hall–Kier alpha value is -5.89. The van der Waals surface area contributed by atoms with E-state index in [0.717, 1.165) is 70.0 Å². The van der Waals surface area contributed by atoms with Crippen molar-refractivity contribution in [3.05, 3.63) is 139 Å². The number of likely N-dealkylation sites (tertiary alicyclic amines) is 1. The van der Waals surface area contributed by atoms with Crippen molar-refractivity contribution in [2.45, 2.75) is 52.2 Å². The summed E-state index contributed by atoms with van der Waals surface area (Å²) in [6.45, 7) is 8.01. The number of fused-ring (bicyclic) bond motifs is 2. The van der Waals surface area contributed by atoms with Crippen LogP contribution < -0.4 is 4.74 Å².